The summed E-state index contributed by atoms with van der Waals surface area (Å²) in [7, 11) is 0. The number of aromatic nitrogens is 2. The first-order valence-electron chi connectivity index (χ1n) is 2.28. The first kappa shape index (κ1) is 5.59. The molecule has 0 saturated carbocycles. The first-order chi connectivity index (χ1) is 4.43. The van der Waals surface area contributed by atoms with Gasteiger partial charge in [-0.15, -0.1) is 4.99 Å². The van der Waals surface area contributed by atoms with Gasteiger partial charge in [0.2, 0.25) is 6.08 Å². The molecule has 9 heavy (non-hydrogen) atoms. The van der Waals surface area contributed by atoms with Gasteiger partial charge in [-0.1, -0.05) is 0 Å². The van der Waals surface area contributed by atoms with Crippen LogP contribution in [0, 0.1) is 0 Å². The summed E-state index contributed by atoms with van der Waals surface area (Å²) in [5.74, 6) is 0.146. The molecule has 0 unspecified atom stereocenters. The minimum Gasteiger partial charge on any atom is -0.219 e. The van der Waals surface area contributed by atoms with Gasteiger partial charge in [0.15, 0.2) is 0 Å². The summed E-state index contributed by atoms with van der Waals surface area (Å²) in [5.41, 5.74) is 0. The second kappa shape index (κ2) is 2.69. The molecular weight excluding hydrogens is 118 g/mol. The lowest BCUT2D eigenvalue weighted by atomic mass is 10.7. The molecule has 1 aromatic rings. The van der Waals surface area contributed by atoms with E-state index in [-0.39, 0.29) is 5.95 Å². The van der Waals surface area contributed by atoms with E-state index < -0.39 is 0 Å². The normalized spacial score (nSPS) is 8.00. The molecule has 0 fully saturated rings. The lowest BCUT2D eigenvalue weighted by Crippen LogP contribution is -1.74. The molecular formula is C5H3N3O. The van der Waals surface area contributed by atoms with E-state index >= 15 is 0 Å². The second-order valence-electron chi connectivity index (χ2n) is 1.25. The lowest BCUT2D eigenvalue weighted by molar-refractivity contribution is 0.565. The number of carbonyl (C=O) groups excluding carboxylic acids is 1. The molecule has 4 heteroatoms. The summed E-state index contributed by atoms with van der Waals surface area (Å²) in [6.45, 7) is 0. The number of nitrogens with zero attached hydrogens (tertiary/aromatic N) is 3. The average molecular weight is 121 g/mol. The quantitative estimate of drug-likeness (QED) is 0.400. The van der Waals surface area contributed by atoms with E-state index in [0.717, 1.165) is 0 Å². The minimum atomic E-state index is 0.146. The molecule has 0 amide bonds. The molecule has 0 aromatic carbocycles. The molecule has 0 spiro atoms. The number of hydrogen-bond acceptors (Lipinski definition) is 4. The van der Waals surface area contributed by atoms with Gasteiger partial charge in [-0.05, 0) is 6.07 Å². The highest BCUT2D eigenvalue weighted by Crippen LogP contribution is 1.95. The van der Waals surface area contributed by atoms with Crippen LogP contribution in [-0.4, -0.2) is 16.0 Å². The van der Waals surface area contributed by atoms with Gasteiger partial charge in [0.25, 0.3) is 5.95 Å². The maximum absolute atomic E-state index is 9.60. The largest absolute Gasteiger partial charge is 0.260 e. The van der Waals surface area contributed by atoms with Crippen molar-refractivity contribution in [2.24, 2.45) is 4.99 Å². The molecule has 0 atom stereocenters. The smallest absolute Gasteiger partial charge is 0.219 e. The summed E-state index contributed by atoms with van der Waals surface area (Å²) < 4.78 is 0. The van der Waals surface area contributed by atoms with Crippen LogP contribution in [0.3, 0.4) is 0 Å². The second-order valence-corrected chi connectivity index (χ2v) is 1.25. The SMILES string of the molecule is O=C=Nc1ncccn1. The van der Waals surface area contributed by atoms with Gasteiger partial charge >= 0.3 is 0 Å². The van der Waals surface area contributed by atoms with Crippen molar-refractivity contribution in [2.45, 2.75) is 0 Å². The fourth-order valence-corrected chi connectivity index (χ4v) is 0.390. The van der Waals surface area contributed by atoms with E-state index in [1.165, 1.54) is 18.5 Å². The predicted octanol–water partition coefficient (Wildman–Crippen LogP) is 0.444. The molecule has 0 saturated heterocycles. The molecule has 4 nitrogen and oxygen atoms in total. The van der Waals surface area contributed by atoms with E-state index in [1.807, 2.05) is 0 Å². The van der Waals surface area contributed by atoms with Crippen LogP contribution in [0.1, 0.15) is 0 Å². The molecule has 0 N–H and O–H groups in total. The Morgan fingerprint density at radius 2 is 2.11 bits per heavy atom. The number of hydrogen-bond donors (Lipinski definition) is 0. The molecule has 1 aromatic heterocycles. The monoisotopic (exact) mass is 121 g/mol. The Balaban J connectivity index is 2.97. The molecule has 1 heterocycles. The van der Waals surface area contributed by atoms with Crippen molar-refractivity contribution in [1.29, 1.82) is 0 Å². The number of aliphatic imine (C=N–C) groups is 1. The van der Waals surface area contributed by atoms with Crippen molar-refractivity contribution in [2.75, 3.05) is 0 Å². The van der Waals surface area contributed by atoms with Gasteiger partial charge < -0.3 is 0 Å². The highest BCUT2D eigenvalue weighted by atomic mass is 16.1. The zero-order chi connectivity index (χ0) is 6.53. The van der Waals surface area contributed by atoms with Crippen LogP contribution in [0.15, 0.2) is 23.5 Å². The average Bonchev–Trinajstić information content (AvgIpc) is 1.91. The standard InChI is InChI=1S/C5H3N3O/c9-4-8-5-6-2-1-3-7-5/h1-3H. The van der Waals surface area contributed by atoms with E-state index in [0.29, 0.717) is 0 Å². The van der Waals surface area contributed by atoms with Crippen LogP contribution < -0.4 is 0 Å². The maximum atomic E-state index is 9.60. The third kappa shape index (κ3) is 1.44. The van der Waals surface area contributed by atoms with Crippen LogP contribution in [0.5, 0.6) is 0 Å². The summed E-state index contributed by atoms with van der Waals surface area (Å²) in [6.07, 6.45) is 4.34. The van der Waals surface area contributed by atoms with Gasteiger partial charge in [0.1, 0.15) is 0 Å². The Morgan fingerprint density at radius 1 is 1.44 bits per heavy atom. The first-order valence-corrected chi connectivity index (χ1v) is 2.28. The highest BCUT2D eigenvalue weighted by Gasteiger charge is 1.83. The predicted molar refractivity (Wildman–Crippen MR) is 29.8 cm³/mol. The third-order valence-electron chi connectivity index (χ3n) is 0.698. The molecule has 0 aliphatic rings. The van der Waals surface area contributed by atoms with Crippen LogP contribution in [0.2, 0.25) is 0 Å². The third-order valence-corrected chi connectivity index (χ3v) is 0.698. The molecule has 44 valence electrons. The Morgan fingerprint density at radius 3 is 2.67 bits per heavy atom. The molecule has 1 rings (SSSR count). The van der Waals surface area contributed by atoms with Crippen molar-refractivity contribution in [3.63, 3.8) is 0 Å². The molecule has 0 radical (unpaired) electrons. The van der Waals surface area contributed by atoms with Gasteiger partial charge in [-0.25, -0.2) is 14.8 Å². The van der Waals surface area contributed by atoms with Gasteiger partial charge in [0.05, 0.1) is 0 Å². The lowest BCUT2D eigenvalue weighted by Gasteiger charge is -1.81. The number of isocyanates is 1. The van der Waals surface area contributed by atoms with Crippen molar-refractivity contribution in [1.82, 2.24) is 9.97 Å². The Bertz CT molecular complexity index is 227. The summed E-state index contributed by atoms with van der Waals surface area (Å²) in [6, 6.07) is 1.64. The Labute approximate surface area is 51.3 Å². The molecule has 0 aliphatic carbocycles. The zero-order valence-electron chi connectivity index (χ0n) is 4.48. The van der Waals surface area contributed by atoms with Crippen LogP contribution >= 0.6 is 0 Å². The van der Waals surface area contributed by atoms with Crippen LogP contribution in [-0.2, 0) is 4.79 Å². The van der Waals surface area contributed by atoms with E-state index in [2.05, 4.69) is 15.0 Å². The van der Waals surface area contributed by atoms with Crippen LogP contribution in [0.25, 0.3) is 0 Å². The van der Waals surface area contributed by atoms with Crippen molar-refractivity contribution >= 4 is 12.0 Å². The van der Waals surface area contributed by atoms with Crippen molar-refractivity contribution < 1.29 is 4.79 Å². The summed E-state index contributed by atoms with van der Waals surface area (Å²) in [5, 5.41) is 0. The maximum Gasteiger partial charge on any atom is 0.260 e. The van der Waals surface area contributed by atoms with Gasteiger partial charge in [0, 0.05) is 12.4 Å². The Hall–Kier alpha value is -1.54. The highest BCUT2D eigenvalue weighted by molar-refractivity contribution is 5.40. The Kier molecular flexibility index (Phi) is 1.67. The fourth-order valence-electron chi connectivity index (χ4n) is 0.390. The van der Waals surface area contributed by atoms with Crippen molar-refractivity contribution in [3.8, 4) is 0 Å². The van der Waals surface area contributed by atoms with Gasteiger partial charge in [-0.3, -0.25) is 0 Å². The zero-order valence-corrected chi connectivity index (χ0v) is 4.48. The minimum absolute atomic E-state index is 0.146. The molecule has 0 aliphatic heterocycles. The van der Waals surface area contributed by atoms with E-state index in [9.17, 15) is 4.79 Å². The van der Waals surface area contributed by atoms with Gasteiger partial charge in [-0.2, -0.15) is 0 Å². The summed E-state index contributed by atoms with van der Waals surface area (Å²) >= 11 is 0. The van der Waals surface area contributed by atoms with Crippen LogP contribution in [0.4, 0.5) is 5.95 Å². The fraction of sp³-hybridized carbons (Fsp3) is 0. The van der Waals surface area contributed by atoms with E-state index in [1.54, 1.807) is 6.07 Å². The van der Waals surface area contributed by atoms with E-state index in [4.69, 9.17) is 0 Å². The van der Waals surface area contributed by atoms with Crippen molar-refractivity contribution in [3.05, 3.63) is 18.5 Å². The molecule has 0 bridgehead atoms. The summed E-state index contributed by atoms with van der Waals surface area (Å²) in [4.78, 5) is 20.0. The topological polar surface area (TPSA) is 55.2 Å². The number of rotatable bonds is 1.